The molecule has 3 nitrogen and oxygen atoms in total. The Morgan fingerprint density at radius 2 is 1.37 bits per heavy atom. The van der Waals surface area contributed by atoms with E-state index < -0.39 is 10.0 Å². The Bertz CT molecular complexity index is 1210. The topological polar surface area (TPSA) is 39.1 Å². The van der Waals surface area contributed by atoms with Gasteiger partial charge in [-0.3, -0.25) is 0 Å². The highest BCUT2D eigenvalue weighted by Gasteiger charge is 2.22. The van der Waals surface area contributed by atoms with Crippen LogP contribution in [0.2, 0.25) is 0 Å². The second kappa shape index (κ2) is 6.71. The van der Waals surface area contributed by atoms with Crippen molar-refractivity contribution in [3.05, 3.63) is 90.6 Å². The summed E-state index contributed by atoms with van der Waals surface area (Å²) in [6, 6.07) is 24.4. The van der Waals surface area contributed by atoms with Crippen LogP contribution in [0, 0.1) is 0 Å². The molecule has 0 N–H and O–H groups in total. The lowest BCUT2D eigenvalue weighted by atomic mass is 9.92. The summed E-state index contributed by atoms with van der Waals surface area (Å²) >= 11 is 0. The Labute approximate surface area is 160 Å². The molecule has 0 aliphatic carbocycles. The zero-order valence-corrected chi connectivity index (χ0v) is 16.1. The van der Waals surface area contributed by atoms with Gasteiger partial charge in [0.1, 0.15) is 0 Å². The monoisotopic (exact) mass is 375 g/mol. The zero-order chi connectivity index (χ0) is 19.0. The quantitative estimate of drug-likeness (QED) is 0.461. The molecule has 0 fully saturated rings. The van der Waals surface area contributed by atoms with Crippen LogP contribution in [0.15, 0.2) is 90.0 Å². The largest absolute Gasteiger partial charge is 0.268 e. The van der Waals surface area contributed by atoms with Gasteiger partial charge in [-0.25, -0.2) is 12.4 Å². The van der Waals surface area contributed by atoms with Gasteiger partial charge in [-0.1, -0.05) is 74.5 Å². The first-order valence-corrected chi connectivity index (χ1v) is 10.4. The van der Waals surface area contributed by atoms with Crippen LogP contribution >= 0.6 is 0 Å². The molecule has 4 heteroatoms. The standard InChI is InChI=1S/C23H21NO2S/c1-17(2)19-12-6-7-13-20(19)22-16-24(23-15-9-8-14-21(22)23)27(25,26)18-10-4-3-5-11-18/h3-17H,1-2H3. The summed E-state index contributed by atoms with van der Waals surface area (Å²) in [6.07, 6.45) is 1.76. The van der Waals surface area contributed by atoms with Crippen LogP contribution < -0.4 is 0 Å². The molecule has 1 aromatic heterocycles. The van der Waals surface area contributed by atoms with E-state index in [9.17, 15) is 8.42 Å². The second-order valence-electron chi connectivity index (χ2n) is 6.92. The smallest absolute Gasteiger partial charge is 0.241 e. The molecule has 1 heterocycles. The molecule has 0 unspecified atom stereocenters. The lowest BCUT2D eigenvalue weighted by Crippen LogP contribution is -2.11. The number of rotatable bonds is 4. The van der Waals surface area contributed by atoms with E-state index in [4.69, 9.17) is 0 Å². The van der Waals surface area contributed by atoms with Gasteiger partial charge in [0.2, 0.25) is 0 Å². The van der Waals surface area contributed by atoms with Crippen LogP contribution in [0.5, 0.6) is 0 Å². The molecular weight excluding hydrogens is 354 g/mol. The highest BCUT2D eigenvalue weighted by atomic mass is 32.2. The van der Waals surface area contributed by atoms with Crippen molar-refractivity contribution in [2.45, 2.75) is 24.7 Å². The van der Waals surface area contributed by atoms with Crippen LogP contribution in [0.25, 0.3) is 22.0 Å². The van der Waals surface area contributed by atoms with Gasteiger partial charge in [0, 0.05) is 17.1 Å². The summed E-state index contributed by atoms with van der Waals surface area (Å²) in [6.45, 7) is 4.30. The van der Waals surface area contributed by atoms with Crippen molar-refractivity contribution in [3.8, 4) is 11.1 Å². The van der Waals surface area contributed by atoms with Crippen molar-refractivity contribution in [1.29, 1.82) is 0 Å². The van der Waals surface area contributed by atoms with Gasteiger partial charge in [-0.15, -0.1) is 0 Å². The SMILES string of the molecule is CC(C)c1ccccc1-c1cn(S(=O)(=O)c2ccccc2)c2ccccc12. The average Bonchev–Trinajstić information content (AvgIpc) is 3.09. The Kier molecular flexibility index (Phi) is 4.36. The van der Waals surface area contributed by atoms with Gasteiger partial charge in [-0.2, -0.15) is 0 Å². The fraction of sp³-hybridized carbons (Fsp3) is 0.130. The molecule has 0 bridgehead atoms. The second-order valence-corrected chi connectivity index (χ2v) is 8.73. The minimum Gasteiger partial charge on any atom is -0.241 e. The van der Waals surface area contributed by atoms with E-state index in [1.165, 1.54) is 9.54 Å². The Morgan fingerprint density at radius 3 is 2.11 bits per heavy atom. The van der Waals surface area contributed by atoms with Crippen LogP contribution in [0.3, 0.4) is 0 Å². The molecule has 0 amide bonds. The third-order valence-electron chi connectivity index (χ3n) is 4.85. The molecule has 136 valence electrons. The fourth-order valence-corrected chi connectivity index (χ4v) is 4.91. The number of benzene rings is 3. The molecule has 0 saturated heterocycles. The van der Waals surface area contributed by atoms with Crippen LogP contribution in [0.4, 0.5) is 0 Å². The van der Waals surface area contributed by atoms with Gasteiger partial charge >= 0.3 is 0 Å². The molecule has 0 atom stereocenters. The minimum atomic E-state index is -3.67. The Morgan fingerprint density at radius 1 is 0.741 bits per heavy atom. The van der Waals surface area contributed by atoms with Crippen LogP contribution in [-0.4, -0.2) is 12.4 Å². The van der Waals surface area contributed by atoms with E-state index in [0.717, 1.165) is 16.5 Å². The average molecular weight is 375 g/mol. The van der Waals surface area contributed by atoms with E-state index in [0.29, 0.717) is 11.4 Å². The number of hydrogen-bond acceptors (Lipinski definition) is 2. The number of para-hydroxylation sites is 1. The summed E-state index contributed by atoms with van der Waals surface area (Å²) < 4.78 is 28.0. The van der Waals surface area contributed by atoms with Gasteiger partial charge < -0.3 is 0 Å². The lowest BCUT2D eigenvalue weighted by Gasteiger charge is -2.12. The van der Waals surface area contributed by atoms with Crippen molar-refractivity contribution >= 4 is 20.9 Å². The highest BCUT2D eigenvalue weighted by molar-refractivity contribution is 7.90. The maximum absolute atomic E-state index is 13.3. The third-order valence-corrected chi connectivity index (χ3v) is 6.54. The Balaban J connectivity index is 2.02. The van der Waals surface area contributed by atoms with E-state index in [-0.39, 0.29) is 4.90 Å². The third kappa shape index (κ3) is 2.96. The van der Waals surface area contributed by atoms with E-state index in [2.05, 4.69) is 26.0 Å². The number of aromatic nitrogens is 1. The molecule has 0 spiro atoms. The van der Waals surface area contributed by atoms with E-state index in [1.54, 1.807) is 30.5 Å². The molecule has 0 aliphatic rings. The summed E-state index contributed by atoms with van der Waals surface area (Å²) in [4.78, 5) is 0.287. The van der Waals surface area contributed by atoms with Crippen molar-refractivity contribution in [1.82, 2.24) is 3.97 Å². The fourth-order valence-electron chi connectivity index (χ4n) is 3.52. The van der Waals surface area contributed by atoms with Crippen molar-refractivity contribution in [2.75, 3.05) is 0 Å². The van der Waals surface area contributed by atoms with Gasteiger partial charge in [-0.05, 0) is 35.2 Å². The van der Waals surface area contributed by atoms with Crippen molar-refractivity contribution in [2.24, 2.45) is 0 Å². The van der Waals surface area contributed by atoms with E-state index in [1.807, 2.05) is 42.5 Å². The summed E-state index contributed by atoms with van der Waals surface area (Å²) in [7, 11) is -3.67. The molecule has 0 saturated carbocycles. The minimum absolute atomic E-state index is 0.287. The summed E-state index contributed by atoms with van der Waals surface area (Å²) in [5.41, 5.74) is 3.91. The number of hydrogen-bond donors (Lipinski definition) is 0. The molecular formula is C23H21NO2S. The predicted octanol–water partition coefficient (Wildman–Crippen LogP) is 5.67. The molecule has 0 radical (unpaired) electrons. The molecule has 4 aromatic rings. The predicted molar refractivity (Wildman–Crippen MR) is 110 cm³/mol. The molecule has 27 heavy (non-hydrogen) atoms. The van der Waals surface area contributed by atoms with Crippen molar-refractivity contribution in [3.63, 3.8) is 0 Å². The lowest BCUT2D eigenvalue weighted by molar-refractivity contribution is 0.589. The van der Waals surface area contributed by atoms with Crippen molar-refractivity contribution < 1.29 is 8.42 Å². The van der Waals surface area contributed by atoms with Gasteiger partial charge in [0.15, 0.2) is 0 Å². The summed E-state index contributed by atoms with van der Waals surface area (Å²) in [5, 5.41) is 0.935. The number of nitrogens with zero attached hydrogens (tertiary/aromatic N) is 1. The normalized spacial score (nSPS) is 12.0. The maximum atomic E-state index is 13.3. The van der Waals surface area contributed by atoms with Gasteiger partial charge in [0.25, 0.3) is 10.0 Å². The Hall–Kier alpha value is -2.85. The maximum Gasteiger partial charge on any atom is 0.268 e. The summed E-state index contributed by atoms with van der Waals surface area (Å²) in [5.74, 6) is 0.342. The number of fused-ring (bicyclic) bond motifs is 1. The van der Waals surface area contributed by atoms with Crippen LogP contribution in [-0.2, 0) is 10.0 Å². The van der Waals surface area contributed by atoms with Crippen LogP contribution in [0.1, 0.15) is 25.3 Å². The molecule has 4 rings (SSSR count). The molecule has 3 aromatic carbocycles. The van der Waals surface area contributed by atoms with Gasteiger partial charge in [0.05, 0.1) is 10.4 Å². The first kappa shape index (κ1) is 17.6. The molecule has 0 aliphatic heterocycles. The van der Waals surface area contributed by atoms with E-state index >= 15 is 0 Å². The highest BCUT2D eigenvalue weighted by Crippen LogP contribution is 2.36. The first-order valence-electron chi connectivity index (χ1n) is 9.00. The first-order chi connectivity index (χ1) is 13.0. The zero-order valence-electron chi connectivity index (χ0n) is 15.3.